The Kier molecular flexibility index (Phi) is 5.20. The molecule has 0 aliphatic rings. The fourth-order valence-electron chi connectivity index (χ4n) is 2.82. The van der Waals surface area contributed by atoms with Crippen LogP contribution in [0, 0.1) is 39.0 Å². The average Bonchev–Trinajstić information content (AvgIpc) is 3.08. The molecule has 0 aliphatic carbocycles. The molecule has 1 heterocycles. The zero-order chi connectivity index (χ0) is 18.7. The third-order valence-electron chi connectivity index (χ3n) is 4.49. The van der Waals surface area contributed by atoms with E-state index in [1.165, 1.54) is 33.6 Å². The Bertz CT molecular complexity index is 1020. The van der Waals surface area contributed by atoms with Crippen molar-refractivity contribution in [3.63, 3.8) is 0 Å². The number of nitrogens with one attached hydrogen (secondary N) is 1. The molecule has 0 atom stereocenters. The van der Waals surface area contributed by atoms with E-state index in [-0.39, 0.29) is 0 Å². The summed E-state index contributed by atoms with van der Waals surface area (Å²) in [4.78, 5) is 4.68. The summed E-state index contributed by atoms with van der Waals surface area (Å²) >= 11 is 1.49. The predicted molar refractivity (Wildman–Crippen MR) is 110 cm³/mol. The highest BCUT2D eigenvalue weighted by atomic mass is 32.1. The van der Waals surface area contributed by atoms with Crippen LogP contribution in [0.4, 0.5) is 5.69 Å². The molecule has 26 heavy (non-hydrogen) atoms. The van der Waals surface area contributed by atoms with E-state index in [9.17, 15) is 5.26 Å². The van der Waals surface area contributed by atoms with Gasteiger partial charge in [0.2, 0.25) is 0 Å². The maximum atomic E-state index is 9.56. The smallest absolute Gasteiger partial charge is 0.136 e. The fourth-order valence-corrected chi connectivity index (χ4v) is 3.61. The topological polar surface area (TPSA) is 48.7 Å². The van der Waals surface area contributed by atoms with Crippen LogP contribution >= 0.6 is 11.3 Å². The maximum absolute atomic E-state index is 9.56. The number of hydrogen-bond donors (Lipinski definition) is 1. The minimum atomic E-state index is 0.534. The molecular weight excluding hydrogens is 338 g/mol. The molecule has 3 nitrogen and oxygen atoms in total. The maximum Gasteiger partial charge on any atom is 0.136 e. The first-order chi connectivity index (χ1) is 12.5. The van der Waals surface area contributed by atoms with E-state index in [0.29, 0.717) is 5.57 Å². The second kappa shape index (κ2) is 7.55. The number of rotatable bonds is 4. The Hall–Kier alpha value is -2.90. The third-order valence-corrected chi connectivity index (χ3v) is 5.37. The average molecular weight is 359 g/mol. The highest BCUT2D eigenvalue weighted by Gasteiger charge is 2.11. The number of hydrogen-bond acceptors (Lipinski definition) is 4. The van der Waals surface area contributed by atoms with Crippen molar-refractivity contribution in [3.8, 4) is 17.3 Å². The number of aryl methyl sites for hydroxylation is 3. The van der Waals surface area contributed by atoms with E-state index in [4.69, 9.17) is 0 Å². The van der Waals surface area contributed by atoms with Gasteiger partial charge in [0.15, 0.2) is 0 Å². The number of nitrogens with zero attached hydrogens (tertiary/aromatic N) is 2. The lowest BCUT2D eigenvalue weighted by atomic mass is 10.0. The number of nitriles is 1. The van der Waals surface area contributed by atoms with E-state index in [1.54, 1.807) is 6.20 Å². The molecular formula is C22H21N3S. The van der Waals surface area contributed by atoms with Crippen molar-refractivity contribution in [2.45, 2.75) is 27.7 Å². The number of thiazole rings is 1. The molecule has 0 amide bonds. The minimum Gasteiger partial charge on any atom is -0.360 e. The summed E-state index contributed by atoms with van der Waals surface area (Å²) < 4.78 is 0. The second-order valence-electron chi connectivity index (χ2n) is 6.42. The number of aromatic nitrogens is 1. The molecule has 0 fully saturated rings. The van der Waals surface area contributed by atoms with Crippen LogP contribution in [-0.4, -0.2) is 4.98 Å². The van der Waals surface area contributed by atoms with Crippen LogP contribution in [0.3, 0.4) is 0 Å². The van der Waals surface area contributed by atoms with E-state index in [1.807, 2.05) is 17.5 Å². The van der Waals surface area contributed by atoms with Gasteiger partial charge in [0.05, 0.1) is 5.69 Å². The van der Waals surface area contributed by atoms with Crippen molar-refractivity contribution < 1.29 is 0 Å². The van der Waals surface area contributed by atoms with Crippen LogP contribution in [0.25, 0.3) is 16.8 Å². The summed E-state index contributed by atoms with van der Waals surface area (Å²) in [7, 11) is 0. The van der Waals surface area contributed by atoms with Crippen LogP contribution in [0.1, 0.15) is 27.3 Å². The normalized spacial score (nSPS) is 11.3. The zero-order valence-electron chi connectivity index (χ0n) is 15.4. The molecule has 2 aromatic carbocycles. The van der Waals surface area contributed by atoms with Crippen molar-refractivity contribution in [1.29, 1.82) is 5.26 Å². The van der Waals surface area contributed by atoms with Crippen molar-refractivity contribution in [2.75, 3.05) is 5.32 Å². The quantitative estimate of drug-likeness (QED) is 0.579. The van der Waals surface area contributed by atoms with Gasteiger partial charge in [0.1, 0.15) is 16.6 Å². The number of anilines is 1. The van der Waals surface area contributed by atoms with Crippen molar-refractivity contribution in [1.82, 2.24) is 4.98 Å². The lowest BCUT2D eigenvalue weighted by Crippen LogP contribution is -1.95. The van der Waals surface area contributed by atoms with Gasteiger partial charge in [0, 0.05) is 22.8 Å². The molecule has 1 N–H and O–H groups in total. The molecule has 0 aliphatic heterocycles. The monoisotopic (exact) mass is 359 g/mol. The molecule has 0 saturated heterocycles. The Balaban J connectivity index is 1.89. The molecule has 1 aromatic heterocycles. The molecule has 0 bridgehead atoms. The molecule has 130 valence electrons. The molecule has 0 saturated carbocycles. The molecule has 3 rings (SSSR count). The molecule has 0 radical (unpaired) electrons. The van der Waals surface area contributed by atoms with Gasteiger partial charge in [-0.15, -0.1) is 11.3 Å². The molecule has 3 aromatic rings. The summed E-state index contributed by atoms with van der Waals surface area (Å²) in [6, 6.07) is 14.7. The summed E-state index contributed by atoms with van der Waals surface area (Å²) in [5.41, 5.74) is 8.38. The van der Waals surface area contributed by atoms with E-state index in [2.05, 4.69) is 68.3 Å². The highest BCUT2D eigenvalue weighted by Crippen LogP contribution is 2.29. The van der Waals surface area contributed by atoms with Crippen molar-refractivity contribution >= 4 is 22.6 Å². The van der Waals surface area contributed by atoms with Gasteiger partial charge >= 0.3 is 0 Å². The van der Waals surface area contributed by atoms with Gasteiger partial charge in [-0.1, -0.05) is 35.9 Å². The predicted octanol–water partition coefficient (Wildman–Crippen LogP) is 6.02. The van der Waals surface area contributed by atoms with Crippen LogP contribution in [0.15, 0.2) is 48.0 Å². The van der Waals surface area contributed by atoms with Gasteiger partial charge in [-0.05, 0) is 50.5 Å². The molecule has 0 unspecified atom stereocenters. The third kappa shape index (κ3) is 3.68. The Morgan fingerprint density at radius 2 is 1.92 bits per heavy atom. The summed E-state index contributed by atoms with van der Waals surface area (Å²) in [5.74, 6) is 0. The first kappa shape index (κ1) is 17.9. The molecule has 0 spiro atoms. The highest BCUT2D eigenvalue weighted by molar-refractivity contribution is 7.11. The van der Waals surface area contributed by atoms with Gasteiger partial charge in [-0.3, -0.25) is 0 Å². The largest absolute Gasteiger partial charge is 0.360 e. The summed E-state index contributed by atoms with van der Waals surface area (Å²) in [5, 5.41) is 15.5. The van der Waals surface area contributed by atoms with Crippen LogP contribution in [0.2, 0.25) is 0 Å². The van der Waals surface area contributed by atoms with Gasteiger partial charge < -0.3 is 5.32 Å². The summed E-state index contributed by atoms with van der Waals surface area (Å²) in [6.45, 7) is 8.31. The van der Waals surface area contributed by atoms with E-state index >= 15 is 0 Å². The fraction of sp³-hybridized carbons (Fsp3) is 0.182. The van der Waals surface area contributed by atoms with Gasteiger partial charge in [-0.2, -0.15) is 5.26 Å². The lowest BCUT2D eigenvalue weighted by molar-refractivity contribution is 1.32. The zero-order valence-corrected chi connectivity index (χ0v) is 16.2. The Morgan fingerprint density at radius 1 is 1.12 bits per heavy atom. The lowest BCUT2D eigenvalue weighted by Gasteiger charge is -2.08. The van der Waals surface area contributed by atoms with E-state index < -0.39 is 0 Å². The SMILES string of the molecule is Cc1ccc(-c2csc(C(C#N)=CNc3cccc(C)c3C)n2)c(C)c1. The van der Waals surface area contributed by atoms with Crippen molar-refractivity contribution in [2.24, 2.45) is 0 Å². The van der Waals surface area contributed by atoms with Crippen LogP contribution in [0.5, 0.6) is 0 Å². The van der Waals surface area contributed by atoms with Crippen LogP contribution in [-0.2, 0) is 0 Å². The van der Waals surface area contributed by atoms with Crippen LogP contribution < -0.4 is 5.32 Å². The Labute approximate surface area is 158 Å². The van der Waals surface area contributed by atoms with Gasteiger partial charge in [-0.25, -0.2) is 4.98 Å². The first-order valence-corrected chi connectivity index (χ1v) is 9.34. The van der Waals surface area contributed by atoms with E-state index in [0.717, 1.165) is 22.0 Å². The second-order valence-corrected chi connectivity index (χ2v) is 7.28. The summed E-state index contributed by atoms with van der Waals surface area (Å²) in [6.07, 6.45) is 1.74. The van der Waals surface area contributed by atoms with Crippen molar-refractivity contribution in [3.05, 3.63) is 75.2 Å². The minimum absolute atomic E-state index is 0.534. The number of benzene rings is 2. The van der Waals surface area contributed by atoms with Gasteiger partial charge in [0.25, 0.3) is 0 Å². The Morgan fingerprint density at radius 3 is 2.65 bits per heavy atom. The first-order valence-electron chi connectivity index (χ1n) is 8.46. The standard InChI is InChI=1S/C22H21N3S/c1-14-8-9-19(16(3)10-14)21-13-26-22(25-21)18(11-23)12-24-20-7-5-6-15(2)17(20)4/h5-10,12-13,24H,1-4H3. The molecule has 4 heteroatoms. The number of allylic oxidation sites excluding steroid dienone is 1.